The molecule has 1 aromatic heterocycles. The summed E-state index contributed by atoms with van der Waals surface area (Å²) in [6.07, 6.45) is 2.18. The maximum atomic E-state index is 11.8. The smallest absolute Gasteiger partial charge is 0.269 e. The Morgan fingerprint density at radius 1 is 1.29 bits per heavy atom. The van der Waals surface area contributed by atoms with Gasteiger partial charge in [-0.15, -0.1) is 0 Å². The Balaban J connectivity index is 1.80. The maximum absolute atomic E-state index is 11.8. The fraction of sp³-hybridized carbons (Fsp3) is 0.231. The number of aromatic amines is 1. The van der Waals surface area contributed by atoms with Crippen molar-refractivity contribution in [3.8, 4) is 11.3 Å². The van der Waals surface area contributed by atoms with Crippen molar-refractivity contribution in [3.05, 3.63) is 42.1 Å². The van der Waals surface area contributed by atoms with E-state index in [4.69, 9.17) is 0 Å². The van der Waals surface area contributed by atoms with Crippen molar-refractivity contribution in [2.45, 2.75) is 18.9 Å². The van der Waals surface area contributed by atoms with Gasteiger partial charge in [0.25, 0.3) is 5.91 Å². The molecule has 17 heavy (non-hydrogen) atoms. The third kappa shape index (κ3) is 2.20. The molecule has 1 heterocycles. The Morgan fingerprint density at radius 3 is 2.76 bits per heavy atom. The predicted octanol–water partition coefficient (Wildman–Crippen LogP) is 1.97. The summed E-state index contributed by atoms with van der Waals surface area (Å²) in [5, 5.41) is 9.85. The van der Waals surface area contributed by atoms with E-state index in [0.29, 0.717) is 11.7 Å². The van der Waals surface area contributed by atoms with Gasteiger partial charge in [0.2, 0.25) is 0 Å². The quantitative estimate of drug-likeness (QED) is 0.842. The van der Waals surface area contributed by atoms with E-state index in [1.54, 1.807) is 6.07 Å². The molecule has 1 aromatic carbocycles. The first-order chi connectivity index (χ1) is 8.33. The molecule has 2 N–H and O–H groups in total. The topological polar surface area (TPSA) is 57.8 Å². The number of carbonyl (C=O) groups excluding carboxylic acids is 1. The van der Waals surface area contributed by atoms with Crippen LogP contribution in [-0.2, 0) is 0 Å². The highest BCUT2D eigenvalue weighted by atomic mass is 16.2. The molecule has 0 aliphatic heterocycles. The third-order valence-corrected chi connectivity index (χ3v) is 2.80. The van der Waals surface area contributed by atoms with Gasteiger partial charge in [0.15, 0.2) is 0 Å². The molecule has 3 rings (SSSR count). The third-order valence-electron chi connectivity index (χ3n) is 2.80. The molecule has 0 saturated heterocycles. The lowest BCUT2D eigenvalue weighted by atomic mass is 10.1. The van der Waals surface area contributed by atoms with Crippen LogP contribution in [0.3, 0.4) is 0 Å². The summed E-state index contributed by atoms with van der Waals surface area (Å²) in [5.41, 5.74) is 2.33. The number of hydrogen-bond acceptors (Lipinski definition) is 2. The predicted molar refractivity (Wildman–Crippen MR) is 64.5 cm³/mol. The minimum atomic E-state index is -0.0674. The molecular weight excluding hydrogens is 214 g/mol. The van der Waals surface area contributed by atoms with E-state index in [2.05, 4.69) is 15.5 Å². The first kappa shape index (κ1) is 10.1. The van der Waals surface area contributed by atoms with Crippen LogP contribution < -0.4 is 5.32 Å². The highest BCUT2D eigenvalue weighted by Crippen LogP contribution is 2.20. The largest absolute Gasteiger partial charge is 0.348 e. The van der Waals surface area contributed by atoms with Gasteiger partial charge in [-0.05, 0) is 18.9 Å². The van der Waals surface area contributed by atoms with Crippen LogP contribution in [0.2, 0.25) is 0 Å². The molecule has 0 radical (unpaired) electrons. The summed E-state index contributed by atoms with van der Waals surface area (Å²) in [6.45, 7) is 0. The normalized spacial score (nSPS) is 14.6. The zero-order chi connectivity index (χ0) is 11.7. The number of amides is 1. The van der Waals surface area contributed by atoms with Gasteiger partial charge < -0.3 is 5.32 Å². The molecule has 2 aromatic rings. The molecule has 4 nitrogen and oxygen atoms in total. The second-order valence-corrected chi connectivity index (χ2v) is 4.28. The molecule has 0 atom stereocenters. The number of H-pyrrole nitrogens is 1. The van der Waals surface area contributed by atoms with Gasteiger partial charge in [0, 0.05) is 11.6 Å². The molecule has 4 heteroatoms. The van der Waals surface area contributed by atoms with E-state index in [9.17, 15) is 4.79 Å². The lowest BCUT2D eigenvalue weighted by molar-refractivity contribution is 0.0946. The van der Waals surface area contributed by atoms with Crippen LogP contribution in [0, 0.1) is 0 Å². The summed E-state index contributed by atoms with van der Waals surface area (Å²) in [4.78, 5) is 11.8. The lowest BCUT2D eigenvalue weighted by Crippen LogP contribution is -2.25. The number of benzene rings is 1. The van der Waals surface area contributed by atoms with Crippen LogP contribution >= 0.6 is 0 Å². The van der Waals surface area contributed by atoms with Crippen molar-refractivity contribution in [1.29, 1.82) is 0 Å². The Morgan fingerprint density at radius 2 is 2.06 bits per heavy atom. The number of nitrogens with zero attached hydrogens (tertiary/aromatic N) is 1. The van der Waals surface area contributed by atoms with Crippen LogP contribution in [0.15, 0.2) is 36.4 Å². The minimum absolute atomic E-state index is 0.0674. The number of nitrogens with one attached hydrogen (secondary N) is 2. The van der Waals surface area contributed by atoms with Crippen molar-refractivity contribution in [3.63, 3.8) is 0 Å². The van der Waals surface area contributed by atoms with Crippen molar-refractivity contribution in [2.75, 3.05) is 0 Å². The zero-order valence-electron chi connectivity index (χ0n) is 9.31. The highest BCUT2D eigenvalue weighted by Gasteiger charge is 2.24. The average Bonchev–Trinajstić information content (AvgIpc) is 3.04. The number of hydrogen-bond donors (Lipinski definition) is 2. The first-order valence-corrected chi connectivity index (χ1v) is 5.74. The van der Waals surface area contributed by atoms with Gasteiger partial charge in [0.05, 0.1) is 5.69 Å². The monoisotopic (exact) mass is 227 g/mol. The first-order valence-electron chi connectivity index (χ1n) is 5.74. The van der Waals surface area contributed by atoms with E-state index >= 15 is 0 Å². The second-order valence-electron chi connectivity index (χ2n) is 4.28. The number of carbonyl (C=O) groups is 1. The Hall–Kier alpha value is -2.10. The van der Waals surface area contributed by atoms with Crippen molar-refractivity contribution < 1.29 is 4.79 Å². The van der Waals surface area contributed by atoms with Crippen LogP contribution in [0.4, 0.5) is 0 Å². The molecule has 0 bridgehead atoms. The summed E-state index contributed by atoms with van der Waals surface area (Å²) >= 11 is 0. The number of rotatable bonds is 3. The van der Waals surface area contributed by atoms with Crippen LogP contribution in [0.5, 0.6) is 0 Å². The van der Waals surface area contributed by atoms with Crippen LogP contribution in [0.25, 0.3) is 11.3 Å². The van der Waals surface area contributed by atoms with Gasteiger partial charge >= 0.3 is 0 Å². The molecule has 0 unspecified atom stereocenters. The lowest BCUT2D eigenvalue weighted by Gasteiger charge is -1.98. The van der Waals surface area contributed by atoms with Crippen molar-refractivity contribution in [1.82, 2.24) is 15.5 Å². The van der Waals surface area contributed by atoms with E-state index in [1.165, 1.54) is 0 Å². The fourth-order valence-corrected chi connectivity index (χ4v) is 1.69. The van der Waals surface area contributed by atoms with E-state index in [-0.39, 0.29) is 5.91 Å². The average molecular weight is 227 g/mol. The Labute approximate surface area is 99.1 Å². The Bertz CT molecular complexity index is 529. The van der Waals surface area contributed by atoms with Gasteiger partial charge in [-0.3, -0.25) is 9.89 Å². The Kier molecular flexibility index (Phi) is 2.40. The maximum Gasteiger partial charge on any atom is 0.269 e. The second kappa shape index (κ2) is 4.05. The summed E-state index contributed by atoms with van der Waals surface area (Å²) in [5.74, 6) is -0.0674. The molecule has 1 fully saturated rings. The summed E-state index contributed by atoms with van der Waals surface area (Å²) in [7, 11) is 0. The molecule has 86 valence electrons. The summed E-state index contributed by atoms with van der Waals surface area (Å²) < 4.78 is 0. The summed E-state index contributed by atoms with van der Waals surface area (Å²) in [6, 6.07) is 12.0. The molecule has 0 spiro atoms. The molecule has 1 aliphatic carbocycles. The van der Waals surface area contributed by atoms with Gasteiger partial charge in [0.1, 0.15) is 5.69 Å². The number of aromatic nitrogens is 2. The van der Waals surface area contributed by atoms with E-state index in [0.717, 1.165) is 24.1 Å². The van der Waals surface area contributed by atoms with Crippen molar-refractivity contribution >= 4 is 5.91 Å². The highest BCUT2D eigenvalue weighted by molar-refractivity contribution is 5.93. The van der Waals surface area contributed by atoms with Crippen LogP contribution in [0.1, 0.15) is 23.3 Å². The van der Waals surface area contributed by atoms with Crippen LogP contribution in [-0.4, -0.2) is 22.1 Å². The standard InChI is InChI=1S/C13H13N3O/c17-13(14-10-6-7-10)12-8-11(15-16-12)9-4-2-1-3-5-9/h1-5,8,10H,6-7H2,(H,14,17)(H,15,16). The molecule has 1 amide bonds. The SMILES string of the molecule is O=C(NC1CC1)c1cc(-c2ccccc2)n[nH]1. The van der Waals surface area contributed by atoms with E-state index in [1.807, 2.05) is 30.3 Å². The van der Waals surface area contributed by atoms with E-state index < -0.39 is 0 Å². The minimum Gasteiger partial charge on any atom is -0.348 e. The van der Waals surface area contributed by atoms with Crippen molar-refractivity contribution in [2.24, 2.45) is 0 Å². The molecule has 1 aliphatic rings. The molecular formula is C13H13N3O. The fourth-order valence-electron chi connectivity index (χ4n) is 1.69. The zero-order valence-corrected chi connectivity index (χ0v) is 9.31. The van der Waals surface area contributed by atoms with Gasteiger partial charge in [-0.2, -0.15) is 5.10 Å². The molecule has 1 saturated carbocycles. The van der Waals surface area contributed by atoms with Gasteiger partial charge in [-0.1, -0.05) is 30.3 Å². The van der Waals surface area contributed by atoms with Gasteiger partial charge in [-0.25, -0.2) is 0 Å².